The van der Waals surface area contributed by atoms with Crippen LogP contribution in [0.2, 0.25) is 0 Å². The number of aliphatic imine (C=N–C) groups is 1. The molecule has 0 saturated heterocycles. The minimum Gasteiger partial charge on any atom is -0.374 e. The van der Waals surface area contributed by atoms with E-state index in [1.54, 1.807) is 0 Å². The molecular formula is C9H18N2. The summed E-state index contributed by atoms with van der Waals surface area (Å²) in [5, 5.41) is 3.30. The van der Waals surface area contributed by atoms with Gasteiger partial charge in [-0.05, 0) is 19.8 Å². The van der Waals surface area contributed by atoms with Gasteiger partial charge in [-0.25, -0.2) is 0 Å². The first-order valence-electron chi connectivity index (χ1n) is 4.64. The van der Waals surface area contributed by atoms with E-state index in [1.807, 2.05) is 0 Å². The lowest BCUT2D eigenvalue weighted by Crippen LogP contribution is -2.22. The monoisotopic (exact) mass is 154 g/mol. The summed E-state index contributed by atoms with van der Waals surface area (Å²) >= 11 is 0. The number of amidine groups is 1. The smallest absolute Gasteiger partial charge is 0.0931 e. The molecule has 0 radical (unpaired) electrons. The molecule has 0 unspecified atom stereocenters. The largest absolute Gasteiger partial charge is 0.374 e. The molecule has 1 N–H and O–H groups in total. The van der Waals surface area contributed by atoms with E-state index in [-0.39, 0.29) is 0 Å². The van der Waals surface area contributed by atoms with E-state index in [2.05, 4.69) is 17.2 Å². The molecule has 1 aliphatic heterocycles. The van der Waals surface area contributed by atoms with Crippen molar-refractivity contribution in [3.8, 4) is 0 Å². The highest BCUT2D eigenvalue weighted by Crippen LogP contribution is 2.03. The highest BCUT2D eigenvalue weighted by molar-refractivity contribution is 5.79. The van der Waals surface area contributed by atoms with Crippen molar-refractivity contribution in [1.82, 2.24) is 5.32 Å². The first-order valence-corrected chi connectivity index (χ1v) is 4.64. The quantitative estimate of drug-likeness (QED) is 0.566. The molecular weight excluding hydrogens is 136 g/mol. The zero-order valence-corrected chi connectivity index (χ0v) is 7.40. The fraction of sp³-hybridized carbons (Fsp3) is 0.889. The van der Waals surface area contributed by atoms with Gasteiger partial charge in [0.15, 0.2) is 0 Å². The number of hydrogen-bond donors (Lipinski definition) is 1. The molecule has 0 aliphatic carbocycles. The van der Waals surface area contributed by atoms with Crippen LogP contribution >= 0.6 is 0 Å². The number of hydrogen-bond acceptors (Lipinski definition) is 2. The summed E-state index contributed by atoms with van der Waals surface area (Å²) in [7, 11) is 0. The van der Waals surface area contributed by atoms with Crippen LogP contribution in [0, 0.1) is 0 Å². The highest BCUT2D eigenvalue weighted by Gasteiger charge is 1.95. The Morgan fingerprint density at radius 3 is 2.73 bits per heavy atom. The first-order chi connectivity index (χ1) is 5.39. The molecule has 0 saturated carbocycles. The predicted octanol–water partition coefficient (Wildman–Crippen LogP) is 1.96. The molecule has 1 heterocycles. The zero-order valence-electron chi connectivity index (χ0n) is 7.40. The van der Waals surface area contributed by atoms with Crippen molar-refractivity contribution < 1.29 is 0 Å². The van der Waals surface area contributed by atoms with Gasteiger partial charge in [0.05, 0.1) is 5.84 Å². The molecule has 0 bridgehead atoms. The van der Waals surface area contributed by atoms with Crippen LogP contribution in [0.3, 0.4) is 0 Å². The van der Waals surface area contributed by atoms with Crippen molar-refractivity contribution in [1.29, 1.82) is 0 Å². The minimum absolute atomic E-state index is 1.01. The Labute approximate surface area is 69.1 Å². The van der Waals surface area contributed by atoms with Crippen molar-refractivity contribution >= 4 is 5.84 Å². The number of nitrogens with zero attached hydrogens (tertiary/aromatic N) is 1. The van der Waals surface area contributed by atoms with Crippen LogP contribution < -0.4 is 5.32 Å². The van der Waals surface area contributed by atoms with E-state index in [0.29, 0.717) is 0 Å². The number of rotatable bonds is 0. The van der Waals surface area contributed by atoms with Gasteiger partial charge in [-0.3, -0.25) is 4.99 Å². The summed E-state index contributed by atoms with van der Waals surface area (Å²) in [6.45, 7) is 4.18. The van der Waals surface area contributed by atoms with Crippen LogP contribution in [0.25, 0.3) is 0 Å². The molecule has 0 atom stereocenters. The molecule has 0 spiro atoms. The number of nitrogens with one attached hydrogen (secondary N) is 1. The van der Waals surface area contributed by atoms with Gasteiger partial charge in [0.1, 0.15) is 0 Å². The fourth-order valence-electron chi connectivity index (χ4n) is 1.34. The summed E-state index contributed by atoms with van der Waals surface area (Å²) < 4.78 is 0. The van der Waals surface area contributed by atoms with Gasteiger partial charge in [-0.2, -0.15) is 0 Å². The molecule has 11 heavy (non-hydrogen) atoms. The maximum absolute atomic E-state index is 4.39. The summed E-state index contributed by atoms with van der Waals surface area (Å²) in [5.74, 6) is 1.12. The normalized spacial score (nSPS) is 21.7. The van der Waals surface area contributed by atoms with Crippen LogP contribution in [0.15, 0.2) is 4.99 Å². The molecule has 1 aliphatic rings. The Morgan fingerprint density at radius 2 is 1.82 bits per heavy atom. The van der Waals surface area contributed by atoms with E-state index in [4.69, 9.17) is 0 Å². The maximum atomic E-state index is 4.39. The summed E-state index contributed by atoms with van der Waals surface area (Å²) in [6.07, 6.45) is 6.68. The van der Waals surface area contributed by atoms with Crippen LogP contribution in [-0.4, -0.2) is 18.9 Å². The van der Waals surface area contributed by atoms with Gasteiger partial charge in [0, 0.05) is 13.1 Å². The third kappa shape index (κ3) is 4.02. The van der Waals surface area contributed by atoms with Gasteiger partial charge < -0.3 is 5.32 Å². The lowest BCUT2D eigenvalue weighted by atomic mass is 10.1. The second-order valence-corrected chi connectivity index (χ2v) is 3.16. The van der Waals surface area contributed by atoms with E-state index in [0.717, 1.165) is 18.9 Å². The Morgan fingerprint density at radius 1 is 1.09 bits per heavy atom. The van der Waals surface area contributed by atoms with E-state index < -0.39 is 0 Å². The molecule has 0 aromatic carbocycles. The Balaban J connectivity index is 2.27. The third-order valence-corrected chi connectivity index (χ3v) is 2.06. The van der Waals surface area contributed by atoms with Crippen molar-refractivity contribution in [2.75, 3.05) is 13.1 Å². The van der Waals surface area contributed by atoms with Crippen LogP contribution in [0.4, 0.5) is 0 Å². The van der Waals surface area contributed by atoms with Gasteiger partial charge in [-0.15, -0.1) is 0 Å². The second kappa shape index (κ2) is 5.16. The first kappa shape index (κ1) is 8.57. The average Bonchev–Trinajstić information content (AvgIpc) is 2.03. The molecule has 64 valence electrons. The van der Waals surface area contributed by atoms with Gasteiger partial charge in [0.25, 0.3) is 0 Å². The molecule has 0 aromatic rings. The van der Waals surface area contributed by atoms with Crippen molar-refractivity contribution in [3.05, 3.63) is 0 Å². The minimum atomic E-state index is 1.01. The standard InChI is InChI=1S/C9H18N2/c1-9-10-7-5-3-2-4-6-8-11-9/h2-8H2,1H3,(H,10,11). The molecule has 2 nitrogen and oxygen atoms in total. The van der Waals surface area contributed by atoms with E-state index in [1.165, 1.54) is 32.1 Å². The molecule has 0 aromatic heterocycles. The molecule has 0 amide bonds. The van der Waals surface area contributed by atoms with Gasteiger partial charge in [0.2, 0.25) is 0 Å². The predicted molar refractivity (Wildman–Crippen MR) is 49.1 cm³/mol. The summed E-state index contributed by atoms with van der Waals surface area (Å²) in [5.41, 5.74) is 0. The summed E-state index contributed by atoms with van der Waals surface area (Å²) in [6, 6.07) is 0. The molecule has 2 heteroatoms. The fourth-order valence-corrected chi connectivity index (χ4v) is 1.34. The van der Waals surface area contributed by atoms with Crippen LogP contribution in [-0.2, 0) is 0 Å². The second-order valence-electron chi connectivity index (χ2n) is 3.16. The third-order valence-electron chi connectivity index (χ3n) is 2.06. The lowest BCUT2D eigenvalue weighted by Gasteiger charge is -2.08. The lowest BCUT2D eigenvalue weighted by molar-refractivity contribution is 0.602. The van der Waals surface area contributed by atoms with E-state index >= 15 is 0 Å². The highest BCUT2D eigenvalue weighted by atomic mass is 15.0. The van der Waals surface area contributed by atoms with Crippen molar-refractivity contribution in [2.24, 2.45) is 4.99 Å². The zero-order chi connectivity index (χ0) is 7.94. The molecule has 0 fully saturated rings. The Hall–Kier alpha value is -0.530. The SMILES string of the molecule is CC1=NCCCCCCCN1. The van der Waals surface area contributed by atoms with Crippen LogP contribution in [0.1, 0.15) is 39.0 Å². The maximum Gasteiger partial charge on any atom is 0.0931 e. The Bertz CT molecular complexity index is 130. The topological polar surface area (TPSA) is 24.4 Å². The van der Waals surface area contributed by atoms with Crippen LogP contribution in [0.5, 0.6) is 0 Å². The van der Waals surface area contributed by atoms with Gasteiger partial charge >= 0.3 is 0 Å². The van der Waals surface area contributed by atoms with Crippen molar-refractivity contribution in [2.45, 2.75) is 39.0 Å². The molecule has 1 rings (SSSR count). The van der Waals surface area contributed by atoms with Crippen molar-refractivity contribution in [3.63, 3.8) is 0 Å². The Kier molecular flexibility index (Phi) is 4.02. The van der Waals surface area contributed by atoms with Gasteiger partial charge in [-0.1, -0.05) is 19.3 Å². The average molecular weight is 154 g/mol. The summed E-state index contributed by atoms with van der Waals surface area (Å²) in [4.78, 5) is 4.39. The van der Waals surface area contributed by atoms with E-state index in [9.17, 15) is 0 Å².